The molecule has 1 aliphatic rings. The van der Waals surface area contributed by atoms with Crippen molar-refractivity contribution in [1.29, 1.82) is 0 Å². The number of aromatic nitrogens is 4. The first kappa shape index (κ1) is 16.7. The van der Waals surface area contributed by atoms with Gasteiger partial charge >= 0.3 is 0 Å². The van der Waals surface area contributed by atoms with E-state index in [1.807, 2.05) is 19.2 Å². The van der Waals surface area contributed by atoms with E-state index < -0.39 is 0 Å². The molecule has 0 unspecified atom stereocenters. The summed E-state index contributed by atoms with van der Waals surface area (Å²) in [5.74, 6) is 1.22. The van der Waals surface area contributed by atoms with Crippen molar-refractivity contribution in [1.82, 2.24) is 19.9 Å². The van der Waals surface area contributed by atoms with Crippen molar-refractivity contribution in [2.75, 3.05) is 11.1 Å². The summed E-state index contributed by atoms with van der Waals surface area (Å²) < 4.78 is 0. The molecule has 1 aliphatic carbocycles. The largest absolute Gasteiger partial charge is 0.384 e. The molecule has 3 aromatic heterocycles. The number of nitrogen functional groups attached to an aromatic ring is 1. The Labute approximate surface area is 153 Å². The molecule has 3 aromatic rings. The van der Waals surface area contributed by atoms with E-state index in [4.69, 9.17) is 15.7 Å². The highest BCUT2D eigenvalue weighted by molar-refractivity contribution is 5.82. The highest BCUT2D eigenvalue weighted by Gasteiger charge is 2.15. The summed E-state index contributed by atoms with van der Waals surface area (Å²) >= 11 is 0. The molecule has 26 heavy (non-hydrogen) atoms. The number of anilines is 2. The fourth-order valence-corrected chi connectivity index (χ4v) is 3.67. The third kappa shape index (κ3) is 3.31. The third-order valence-corrected chi connectivity index (χ3v) is 5.06. The van der Waals surface area contributed by atoms with E-state index in [0.29, 0.717) is 17.8 Å². The summed E-state index contributed by atoms with van der Waals surface area (Å²) in [6.45, 7) is 4.01. The van der Waals surface area contributed by atoms with Gasteiger partial charge < -0.3 is 11.1 Å². The minimum atomic E-state index is 0.484. The van der Waals surface area contributed by atoms with E-state index in [2.05, 4.69) is 28.3 Å². The van der Waals surface area contributed by atoms with E-state index in [1.54, 1.807) is 6.07 Å². The first-order valence-corrected chi connectivity index (χ1v) is 9.24. The van der Waals surface area contributed by atoms with Crippen LogP contribution in [0, 0.1) is 13.8 Å². The summed E-state index contributed by atoms with van der Waals surface area (Å²) in [6, 6.07) is 6.31. The Morgan fingerprint density at radius 3 is 2.62 bits per heavy atom. The maximum atomic E-state index is 5.76. The number of nitrogens with zero attached hydrogens (tertiary/aromatic N) is 4. The summed E-state index contributed by atoms with van der Waals surface area (Å²) in [6.07, 6.45) is 8.10. The molecule has 3 N–H and O–H groups in total. The van der Waals surface area contributed by atoms with Crippen molar-refractivity contribution in [2.45, 2.75) is 52.0 Å². The molecule has 4 rings (SSSR count). The van der Waals surface area contributed by atoms with Crippen LogP contribution in [-0.2, 0) is 0 Å². The highest BCUT2D eigenvalue weighted by Crippen LogP contribution is 2.26. The maximum absolute atomic E-state index is 5.76. The van der Waals surface area contributed by atoms with Crippen molar-refractivity contribution in [2.24, 2.45) is 0 Å². The lowest BCUT2D eigenvalue weighted by atomic mass is 9.96. The first-order chi connectivity index (χ1) is 12.6. The van der Waals surface area contributed by atoms with Gasteiger partial charge in [-0.05, 0) is 50.5 Å². The number of hydrogen-bond acceptors (Lipinski definition) is 6. The molecule has 1 fully saturated rings. The van der Waals surface area contributed by atoms with Gasteiger partial charge in [-0.25, -0.2) is 19.9 Å². The van der Waals surface area contributed by atoms with Crippen LogP contribution in [0.4, 0.5) is 11.8 Å². The van der Waals surface area contributed by atoms with Gasteiger partial charge in [0.2, 0.25) is 5.95 Å². The second-order valence-electron chi connectivity index (χ2n) is 7.10. The molecule has 0 aliphatic heterocycles. The number of nitrogens with two attached hydrogens (primary N) is 1. The number of aryl methyl sites for hydroxylation is 2. The molecule has 0 amide bonds. The van der Waals surface area contributed by atoms with Crippen LogP contribution in [0.5, 0.6) is 0 Å². The molecule has 134 valence electrons. The van der Waals surface area contributed by atoms with Crippen molar-refractivity contribution in [3.63, 3.8) is 0 Å². The van der Waals surface area contributed by atoms with Gasteiger partial charge in [0.05, 0.1) is 17.4 Å². The van der Waals surface area contributed by atoms with Gasteiger partial charge in [-0.15, -0.1) is 0 Å². The SMILES string of the molecule is Cc1nc(N)ccc1-c1cc(C)c2nc(NC3CCCCC3)ncc2n1. The van der Waals surface area contributed by atoms with Crippen LogP contribution < -0.4 is 11.1 Å². The molecule has 1 saturated carbocycles. The number of pyridine rings is 2. The lowest BCUT2D eigenvalue weighted by Gasteiger charge is -2.22. The number of rotatable bonds is 3. The van der Waals surface area contributed by atoms with Crippen LogP contribution in [0.25, 0.3) is 22.3 Å². The topological polar surface area (TPSA) is 89.6 Å². The van der Waals surface area contributed by atoms with Gasteiger partial charge in [0.1, 0.15) is 11.3 Å². The number of nitrogens with one attached hydrogen (secondary N) is 1. The second-order valence-corrected chi connectivity index (χ2v) is 7.10. The molecule has 0 saturated heterocycles. The van der Waals surface area contributed by atoms with E-state index in [-0.39, 0.29) is 0 Å². The van der Waals surface area contributed by atoms with Gasteiger partial charge in [0, 0.05) is 17.3 Å². The summed E-state index contributed by atoms with van der Waals surface area (Å²) in [4.78, 5) is 18.3. The third-order valence-electron chi connectivity index (χ3n) is 5.06. The standard InChI is InChI=1S/C20H24N6/c1-12-10-16(15-8-9-18(21)23-13(15)2)25-17-11-22-20(26-19(12)17)24-14-6-4-3-5-7-14/h8-11,14H,3-7H2,1-2H3,(H2,21,23)(H,22,24,26). The van der Waals surface area contributed by atoms with E-state index >= 15 is 0 Å². The van der Waals surface area contributed by atoms with Gasteiger partial charge in [-0.2, -0.15) is 0 Å². The Morgan fingerprint density at radius 1 is 1.04 bits per heavy atom. The van der Waals surface area contributed by atoms with Crippen molar-refractivity contribution < 1.29 is 0 Å². The zero-order valence-corrected chi connectivity index (χ0v) is 15.3. The molecular weight excluding hydrogens is 324 g/mol. The second kappa shape index (κ2) is 6.86. The average Bonchev–Trinajstić information content (AvgIpc) is 2.63. The molecule has 0 aromatic carbocycles. The minimum absolute atomic E-state index is 0.484. The monoisotopic (exact) mass is 348 g/mol. The van der Waals surface area contributed by atoms with E-state index in [9.17, 15) is 0 Å². The van der Waals surface area contributed by atoms with E-state index in [0.717, 1.165) is 33.5 Å². The van der Waals surface area contributed by atoms with Gasteiger partial charge in [-0.3, -0.25) is 0 Å². The van der Waals surface area contributed by atoms with E-state index in [1.165, 1.54) is 32.1 Å². The Balaban J connectivity index is 1.68. The van der Waals surface area contributed by atoms with Crippen LogP contribution in [-0.4, -0.2) is 26.0 Å². The highest BCUT2D eigenvalue weighted by atomic mass is 15.1. The summed E-state index contributed by atoms with van der Waals surface area (Å²) in [5, 5.41) is 3.49. The maximum Gasteiger partial charge on any atom is 0.223 e. The molecule has 0 radical (unpaired) electrons. The minimum Gasteiger partial charge on any atom is -0.384 e. The molecule has 0 spiro atoms. The lowest BCUT2D eigenvalue weighted by molar-refractivity contribution is 0.461. The van der Waals surface area contributed by atoms with Gasteiger partial charge in [0.15, 0.2) is 0 Å². The van der Waals surface area contributed by atoms with Crippen molar-refractivity contribution in [3.8, 4) is 11.3 Å². The normalized spacial score (nSPS) is 15.3. The molecule has 3 heterocycles. The number of hydrogen-bond donors (Lipinski definition) is 2. The fourth-order valence-electron chi connectivity index (χ4n) is 3.67. The zero-order chi connectivity index (χ0) is 18.1. The Kier molecular flexibility index (Phi) is 4.41. The average molecular weight is 348 g/mol. The molecule has 6 nitrogen and oxygen atoms in total. The van der Waals surface area contributed by atoms with Crippen LogP contribution >= 0.6 is 0 Å². The molecular formula is C20H24N6. The van der Waals surface area contributed by atoms with Crippen molar-refractivity contribution >= 4 is 22.8 Å². The zero-order valence-electron chi connectivity index (χ0n) is 15.3. The molecule has 6 heteroatoms. The summed E-state index contributed by atoms with van der Waals surface area (Å²) in [5.41, 5.74) is 11.2. The molecule has 0 atom stereocenters. The predicted molar refractivity (Wildman–Crippen MR) is 105 cm³/mol. The summed E-state index contributed by atoms with van der Waals surface area (Å²) in [7, 11) is 0. The predicted octanol–water partition coefficient (Wildman–Crippen LogP) is 4.03. The van der Waals surface area contributed by atoms with Crippen LogP contribution in [0.3, 0.4) is 0 Å². The van der Waals surface area contributed by atoms with Crippen molar-refractivity contribution in [3.05, 3.63) is 35.7 Å². The lowest BCUT2D eigenvalue weighted by Crippen LogP contribution is -2.23. The molecule has 0 bridgehead atoms. The van der Waals surface area contributed by atoms with Crippen LogP contribution in [0.15, 0.2) is 24.4 Å². The van der Waals surface area contributed by atoms with Crippen LogP contribution in [0.1, 0.15) is 43.4 Å². The number of fused-ring (bicyclic) bond motifs is 1. The quantitative estimate of drug-likeness (QED) is 0.743. The van der Waals surface area contributed by atoms with Gasteiger partial charge in [-0.1, -0.05) is 19.3 Å². The fraction of sp³-hybridized carbons (Fsp3) is 0.400. The van der Waals surface area contributed by atoms with Gasteiger partial charge in [0.25, 0.3) is 0 Å². The smallest absolute Gasteiger partial charge is 0.223 e. The Hall–Kier alpha value is -2.76. The Bertz CT molecular complexity index is 946. The first-order valence-electron chi connectivity index (χ1n) is 9.24. The Morgan fingerprint density at radius 2 is 1.85 bits per heavy atom. The van der Waals surface area contributed by atoms with Crippen LogP contribution in [0.2, 0.25) is 0 Å².